The van der Waals surface area contributed by atoms with Crippen LogP contribution < -0.4 is 0 Å². The Labute approximate surface area is 161 Å². The Kier molecular flexibility index (Phi) is 5.71. The van der Waals surface area contributed by atoms with E-state index in [4.69, 9.17) is 16.3 Å². The Bertz CT molecular complexity index is 772. The lowest BCUT2D eigenvalue weighted by atomic mass is 9.75. The molecule has 2 heterocycles. The highest BCUT2D eigenvalue weighted by molar-refractivity contribution is 6.00. The number of rotatable bonds is 6. The van der Waals surface area contributed by atoms with E-state index in [0.29, 0.717) is 39.0 Å². The fourth-order valence-electron chi connectivity index (χ4n) is 4.31. The van der Waals surface area contributed by atoms with Crippen LogP contribution in [0, 0.1) is 17.8 Å². The Morgan fingerprint density at radius 2 is 2.19 bits per heavy atom. The predicted octanol–water partition coefficient (Wildman–Crippen LogP) is 2.76. The number of fused-ring (bicyclic) bond motifs is 1. The van der Waals surface area contributed by atoms with Gasteiger partial charge < -0.3 is 9.64 Å². The van der Waals surface area contributed by atoms with E-state index < -0.39 is 0 Å². The van der Waals surface area contributed by atoms with Crippen LogP contribution in [0.3, 0.4) is 0 Å². The summed E-state index contributed by atoms with van der Waals surface area (Å²) in [5.41, 5.74) is 2.43. The summed E-state index contributed by atoms with van der Waals surface area (Å²) >= 11 is 0. The number of terminal acetylenes is 1. The predicted molar refractivity (Wildman–Crippen MR) is 102 cm³/mol. The number of Topliss-reactive ketones (excluding diaryl/α,β-unsaturated/α-hetero) is 1. The van der Waals surface area contributed by atoms with Gasteiger partial charge in [-0.2, -0.15) is 5.10 Å². The molecule has 146 valence electrons. The van der Waals surface area contributed by atoms with Crippen LogP contribution in [0.2, 0.25) is 0 Å². The van der Waals surface area contributed by atoms with E-state index in [0.717, 1.165) is 36.2 Å². The molecule has 0 saturated carbocycles. The SMILES string of the molecule is C#CCCC(=O)N1CCC[C@@H]1c1nn(CCOC)c2c1C(=O)CC(C)(C)C2. The van der Waals surface area contributed by atoms with Gasteiger partial charge in [0.1, 0.15) is 0 Å². The zero-order valence-electron chi connectivity index (χ0n) is 16.6. The van der Waals surface area contributed by atoms with E-state index in [1.54, 1.807) is 7.11 Å². The molecule has 1 aromatic heterocycles. The van der Waals surface area contributed by atoms with Gasteiger partial charge in [-0.15, -0.1) is 12.3 Å². The van der Waals surface area contributed by atoms with Crippen LogP contribution in [0.25, 0.3) is 0 Å². The van der Waals surface area contributed by atoms with Gasteiger partial charge in [0.15, 0.2) is 5.78 Å². The highest BCUT2D eigenvalue weighted by atomic mass is 16.5. The maximum Gasteiger partial charge on any atom is 0.224 e. The molecule has 1 aliphatic carbocycles. The molecule has 6 heteroatoms. The Morgan fingerprint density at radius 1 is 1.41 bits per heavy atom. The van der Waals surface area contributed by atoms with Crippen molar-refractivity contribution >= 4 is 11.7 Å². The van der Waals surface area contributed by atoms with Crippen LogP contribution in [-0.4, -0.2) is 46.6 Å². The number of carbonyl (C=O) groups excluding carboxylic acids is 2. The van der Waals surface area contributed by atoms with Crippen molar-refractivity contribution in [3.63, 3.8) is 0 Å². The van der Waals surface area contributed by atoms with Crippen molar-refractivity contribution in [2.45, 2.75) is 65.0 Å². The van der Waals surface area contributed by atoms with Crippen molar-refractivity contribution in [3.8, 4) is 12.3 Å². The number of amides is 1. The van der Waals surface area contributed by atoms with Crippen molar-refractivity contribution in [3.05, 3.63) is 17.0 Å². The third kappa shape index (κ3) is 3.93. The van der Waals surface area contributed by atoms with Crippen molar-refractivity contribution in [1.29, 1.82) is 0 Å². The van der Waals surface area contributed by atoms with Gasteiger partial charge in [-0.3, -0.25) is 14.3 Å². The third-order valence-corrected chi connectivity index (χ3v) is 5.53. The molecule has 1 aromatic rings. The molecule has 0 spiro atoms. The van der Waals surface area contributed by atoms with Gasteiger partial charge in [0.2, 0.25) is 5.91 Å². The molecule has 0 bridgehead atoms. The topological polar surface area (TPSA) is 64.4 Å². The van der Waals surface area contributed by atoms with E-state index >= 15 is 0 Å². The molecule has 1 amide bonds. The summed E-state index contributed by atoms with van der Waals surface area (Å²) < 4.78 is 7.15. The number of ketones is 1. The average Bonchev–Trinajstić information content (AvgIpc) is 3.21. The summed E-state index contributed by atoms with van der Waals surface area (Å²) in [5.74, 6) is 2.73. The fraction of sp³-hybridized carbons (Fsp3) is 0.667. The van der Waals surface area contributed by atoms with Crippen molar-refractivity contribution < 1.29 is 14.3 Å². The largest absolute Gasteiger partial charge is 0.383 e. The van der Waals surface area contributed by atoms with Crippen LogP contribution in [0.15, 0.2) is 0 Å². The average molecular weight is 371 g/mol. The molecule has 2 aliphatic rings. The van der Waals surface area contributed by atoms with Gasteiger partial charge in [-0.1, -0.05) is 13.8 Å². The van der Waals surface area contributed by atoms with E-state index in [-0.39, 0.29) is 23.1 Å². The zero-order chi connectivity index (χ0) is 19.6. The Morgan fingerprint density at radius 3 is 2.89 bits per heavy atom. The number of methoxy groups -OCH3 is 1. The van der Waals surface area contributed by atoms with Crippen LogP contribution in [0.5, 0.6) is 0 Å². The number of hydrogen-bond acceptors (Lipinski definition) is 4. The monoisotopic (exact) mass is 371 g/mol. The smallest absolute Gasteiger partial charge is 0.224 e. The zero-order valence-corrected chi connectivity index (χ0v) is 16.6. The number of carbonyl (C=O) groups is 2. The van der Waals surface area contributed by atoms with Crippen molar-refractivity contribution in [2.24, 2.45) is 5.41 Å². The van der Waals surface area contributed by atoms with Gasteiger partial charge in [-0.25, -0.2) is 0 Å². The number of nitrogens with zero attached hydrogens (tertiary/aromatic N) is 3. The molecule has 0 unspecified atom stereocenters. The normalized spacial score (nSPS) is 21.2. The lowest BCUT2D eigenvalue weighted by Gasteiger charge is -2.30. The molecule has 6 nitrogen and oxygen atoms in total. The van der Waals surface area contributed by atoms with E-state index in [9.17, 15) is 9.59 Å². The first-order valence-electron chi connectivity index (χ1n) is 9.72. The second-order valence-corrected chi connectivity index (χ2v) is 8.31. The van der Waals surface area contributed by atoms with Crippen LogP contribution >= 0.6 is 0 Å². The minimum absolute atomic E-state index is 0.0548. The first-order chi connectivity index (χ1) is 12.9. The maximum absolute atomic E-state index is 13.0. The highest BCUT2D eigenvalue weighted by Gasteiger charge is 2.41. The highest BCUT2D eigenvalue weighted by Crippen LogP contribution is 2.41. The lowest BCUT2D eigenvalue weighted by molar-refractivity contribution is -0.132. The lowest BCUT2D eigenvalue weighted by Crippen LogP contribution is -2.32. The summed E-state index contributed by atoms with van der Waals surface area (Å²) in [6.45, 7) is 6.09. The summed E-state index contributed by atoms with van der Waals surface area (Å²) in [4.78, 5) is 27.5. The molecule has 1 saturated heterocycles. The minimum atomic E-state index is -0.127. The second kappa shape index (κ2) is 7.85. The first kappa shape index (κ1) is 19.6. The van der Waals surface area contributed by atoms with E-state index in [1.807, 2.05) is 9.58 Å². The second-order valence-electron chi connectivity index (χ2n) is 8.31. The van der Waals surface area contributed by atoms with Gasteiger partial charge in [0, 0.05) is 32.9 Å². The standard InChI is InChI=1S/C21H29N3O3/c1-5-6-9-18(26)23-10-7-8-15(23)20-19-16(24(22-20)11-12-27-4)13-21(2,3)14-17(19)25/h1,15H,6-14H2,2-4H3/t15-/m1/s1. The summed E-state index contributed by atoms with van der Waals surface area (Å²) in [6.07, 6.45) is 9.19. The minimum Gasteiger partial charge on any atom is -0.383 e. The van der Waals surface area contributed by atoms with Crippen molar-refractivity contribution in [1.82, 2.24) is 14.7 Å². The fourth-order valence-corrected chi connectivity index (χ4v) is 4.31. The van der Waals surface area contributed by atoms with Gasteiger partial charge in [0.05, 0.1) is 36.1 Å². The van der Waals surface area contributed by atoms with Crippen molar-refractivity contribution in [2.75, 3.05) is 20.3 Å². The number of hydrogen-bond donors (Lipinski definition) is 0. The maximum atomic E-state index is 13.0. The molecule has 1 atom stereocenters. The van der Waals surface area contributed by atoms with Crippen LogP contribution in [-0.2, 0) is 22.5 Å². The van der Waals surface area contributed by atoms with Crippen LogP contribution in [0.4, 0.5) is 0 Å². The molecule has 1 aliphatic heterocycles. The Balaban J connectivity index is 1.98. The summed E-state index contributed by atoms with van der Waals surface area (Å²) in [6, 6.07) is -0.127. The molecule has 1 fully saturated rings. The summed E-state index contributed by atoms with van der Waals surface area (Å²) in [5, 5.41) is 4.82. The van der Waals surface area contributed by atoms with Crippen LogP contribution in [0.1, 0.15) is 73.7 Å². The quantitative estimate of drug-likeness (QED) is 0.722. The molecule has 0 radical (unpaired) electrons. The Hall–Kier alpha value is -2.13. The molecule has 3 rings (SSSR count). The third-order valence-electron chi connectivity index (χ3n) is 5.53. The number of ether oxygens (including phenoxy) is 1. The molecular formula is C21H29N3O3. The number of aromatic nitrogens is 2. The molecule has 0 N–H and O–H groups in total. The van der Waals surface area contributed by atoms with Gasteiger partial charge in [-0.05, 0) is 24.7 Å². The molecule has 27 heavy (non-hydrogen) atoms. The van der Waals surface area contributed by atoms with Gasteiger partial charge >= 0.3 is 0 Å². The van der Waals surface area contributed by atoms with E-state index in [2.05, 4.69) is 19.8 Å². The van der Waals surface area contributed by atoms with Gasteiger partial charge in [0.25, 0.3) is 0 Å². The molecule has 0 aromatic carbocycles. The molecular weight excluding hydrogens is 342 g/mol. The van der Waals surface area contributed by atoms with E-state index in [1.165, 1.54) is 0 Å². The number of likely N-dealkylation sites (tertiary alicyclic amines) is 1. The summed E-state index contributed by atoms with van der Waals surface area (Å²) in [7, 11) is 1.66. The first-order valence-corrected chi connectivity index (χ1v) is 9.72.